The van der Waals surface area contributed by atoms with Gasteiger partial charge in [0.2, 0.25) is 5.91 Å². The molecule has 2 fully saturated rings. The van der Waals surface area contributed by atoms with Crippen molar-refractivity contribution in [3.8, 4) is 0 Å². The molecule has 1 aromatic rings. The Hall–Kier alpha value is -1.16. The highest BCUT2D eigenvalue weighted by Gasteiger charge is 2.32. The second-order valence-electron chi connectivity index (χ2n) is 5.89. The van der Waals surface area contributed by atoms with E-state index in [0.29, 0.717) is 11.7 Å². The number of carbonyl (C=O) groups is 1. The van der Waals surface area contributed by atoms with Crippen LogP contribution >= 0.6 is 11.8 Å². The quantitative estimate of drug-likeness (QED) is 0.829. The lowest BCUT2D eigenvalue weighted by atomic mass is 10.1. The van der Waals surface area contributed by atoms with E-state index < -0.39 is 0 Å². The average molecular weight is 304 g/mol. The fourth-order valence-electron chi connectivity index (χ4n) is 3.13. The van der Waals surface area contributed by atoms with E-state index in [1.54, 1.807) is 11.8 Å². The first-order valence-corrected chi connectivity index (χ1v) is 9.10. The van der Waals surface area contributed by atoms with E-state index in [1.807, 2.05) is 0 Å². The van der Waals surface area contributed by atoms with Crippen molar-refractivity contribution in [1.29, 1.82) is 0 Å². The van der Waals surface area contributed by atoms with Gasteiger partial charge in [-0.2, -0.15) is 0 Å². The molecule has 1 unspecified atom stereocenters. The van der Waals surface area contributed by atoms with Crippen LogP contribution in [0.25, 0.3) is 0 Å². The average Bonchev–Trinajstić information content (AvgIpc) is 3.15. The van der Waals surface area contributed by atoms with Crippen molar-refractivity contribution in [2.24, 2.45) is 0 Å². The van der Waals surface area contributed by atoms with E-state index in [2.05, 4.69) is 41.0 Å². The van der Waals surface area contributed by atoms with Gasteiger partial charge in [-0.3, -0.25) is 4.79 Å². The lowest BCUT2D eigenvalue weighted by molar-refractivity contribution is -0.128. The van der Waals surface area contributed by atoms with Crippen molar-refractivity contribution in [2.45, 2.75) is 38.0 Å². The molecule has 0 aliphatic carbocycles. The molecule has 0 bridgehead atoms. The molecule has 0 spiro atoms. The number of carbonyl (C=O) groups excluding carboxylic acids is 1. The first-order valence-electron chi connectivity index (χ1n) is 8.05. The third kappa shape index (κ3) is 3.20. The Morgan fingerprint density at radius 2 is 1.90 bits per heavy atom. The molecule has 0 N–H and O–H groups in total. The van der Waals surface area contributed by atoms with Gasteiger partial charge in [-0.25, -0.2) is 0 Å². The molecule has 0 aromatic heterocycles. The third-order valence-electron chi connectivity index (χ3n) is 4.37. The Labute approximate surface area is 131 Å². The van der Waals surface area contributed by atoms with Gasteiger partial charge in [-0.05, 0) is 37.0 Å². The standard InChI is InChI=1S/C17H24N2OS/c1-2-3-12-19-16(20)13-21-17(19)14-6-8-15(9-7-14)18-10-4-5-11-18/h6-9,17H,2-5,10-13H2,1H3. The van der Waals surface area contributed by atoms with Crippen molar-refractivity contribution in [1.82, 2.24) is 4.90 Å². The number of hydrogen-bond donors (Lipinski definition) is 0. The van der Waals surface area contributed by atoms with E-state index in [-0.39, 0.29) is 5.37 Å². The largest absolute Gasteiger partial charge is 0.372 e. The Kier molecular flexibility index (Phi) is 4.73. The summed E-state index contributed by atoms with van der Waals surface area (Å²) in [5, 5.41) is 0.219. The molecule has 1 aromatic carbocycles. The molecule has 2 saturated heterocycles. The van der Waals surface area contributed by atoms with Crippen LogP contribution in [0.5, 0.6) is 0 Å². The van der Waals surface area contributed by atoms with Crippen LogP contribution in [0.2, 0.25) is 0 Å². The minimum atomic E-state index is 0.219. The zero-order valence-corrected chi connectivity index (χ0v) is 13.6. The van der Waals surface area contributed by atoms with Gasteiger partial charge in [0.1, 0.15) is 5.37 Å². The maximum Gasteiger partial charge on any atom is 0.233 e. The van der Waals surface area contributed by atoms with Crippen molar-refractivity contribution >= 4 is 23.4 Å². The van der Waals surface area contributed by atoms with E-state index in [1.165, 1.54) is 37.2 Å². The van der Waals surface area contributed by atoms with Gasteiger partial charge < -0.3 is 9.80 Å². The van der Waals surface area contributed by atoms with E-state index in [4.69, 9.17) is 0 Å². The van der Waals surface area contributed by atoms with Crippen molar-refractivity contribution in [3.63, 3.8) is 0 Å². The van der Waals surface area contributed by atoms with Gasteiger partial charge in [0.15, 0.2) is 0 Å². The Morgan fingerprint density at radius 1 is 1.19 bits per heavy atom. The van der Waals surface area contributed by atoms with Crippen LogP contribution < -0.4 is 4.90 Å². The Morgan fingerprint density at radius 3 is 2.57 bits per heavy atom. The number of benzene rings is 1. The number of hydrogen-bond acceptors (Lipinski definition) is 3. The molecule has 3 rings (SSSR count). The Balaban J connectivity index is 1.71. The van der Waals surface area contributed by atoms with Gasteiger partial charge in [-0.1, -0.05) is 25.5 Å². The summed E-state index contributed by atoms with van der Waals surface area (Å²) >= 11 is 1.76. The van der Waals surface area contributed by atoms with Gasteiger partial charge >= 0.3 is 0 Å². The molecule has 2 heterocycles. The smallest absolute Gasteiger partial charge is 0.233 e. The minimum absolute atomic E-state index is 0.219. The monoisotopic (exact) mass is 304 g/mol. The third-order valence-corrected chi connectivity index (χ3v) is 5.63. The van der Waals surface area contributed by atoms with Gasteiger partial charge in [-0.15, -0.1) is 11.8 Å². The highest BCUT2D eigenvalue weighted by atomic mass is 32.2. The lowest BCUT2D eigenvalue weighted by Crippen LogP contribution is -2.29. The van der Waals surface area contributed by atoms with Crippen LogP contribution in [0.4, 0.5) is 5.69 Å². The molecule has 2 aliphatic heterocycles. The van der Waals surface area contributed by atoms with Crippen LogP contribution in [0.1, 0.15) is 43.5 Å². The first kappa shape index (κ1) is 14.8. The minimum Gasteiger partial charge on any atom is -0.372 e. The lowest BCUT2D eigenvalue weighted by Gasteiger charge is -2.25. The summed E-state index contributed by atoms with van der Waals surface area (Å²) in [6, 6.07) is 8.87. The van der Waals surface area contributed by atoms with Gasteiger partial charge in [0.25, 0.3) is 0 Å². The predicted octanol–water partition coefficient (Wildman–Crippen LogP) is 3.66. The molecular formula is C17H24N2OS. The number of nitrogens with zero attached hydrogens (tertiary/aromatic N) is 2. The summed E-state index contributed by atoms with van der Waals surface area (Å²) in [6.45, 7) is 5.42. The van der Waals surface area contributed by atoms with Crippen molar-refractivity contribution in [3.05, 3.63) is 29.8 Å². The zero-order valence-electron chi connectivity index (χ0n) is 12.8. The zero-order chi connectivity index (χ0) is 14.7. The molecule has 4 heteroatoms. The molecule has 2 aliphatic rings. The second kappa shape index (κ2) is 6.73. The molecular weight excluding hydrogens is 280 g/mol. The summed E-state index contributed by atoms with van der Waals surface area (Å²) in [6.07, 6.45) is 4.84. The molecule has 21 heavy (non-hydrogen) atoms. The van der Waals surface area contributed by atoms with E-state index >= 15 is 0 Å². The molecule has 0 radical (unpaired) electrons. The predicted molar refractivity (Wildman–Crippen MR) is 89.7 cm³/mol. The van der Waals surface area contributed by atoms with E-state index in [0.717, 1.165) is 19.4 Å². The van der Waals surface area contributed by atoms with E-state index in [9.17, 15) is 4.79 Å². The number of anilines is 1. The maximum atomic E-state index is 12.0. The summed E-state index contributed by atoms with van der Waals surface area (Å²) in [7, 11) is 0. The molecule has 1 atom stereocenters. The summed E-state index contributed by atoms with van der Waals surface area (Å²) < 4.78 is 0. The normalized spacial score (nSPS) is 22.3. The topological polar surface area (TPSA) is 23.6 Å². The molecule has 3 nitrogen and oxygen atoms in total. The van der Waals surface area contributed by atoms with Crippen LogP contribution in [0.3, 0.4) is 0 Å². The number of amides is 1. The fraction of sp³-hybridized carbons (Fsp3) is 0.588. The summed E-state index contributed by atoms with van der Waals surface area (Å²) in [5.74, 6) is 0.921. The Bertz CT molecular complexity index is 482. The van der Waals surface area contributed by atoms with Crippen molar-refractivity contribution < 1.29 is 4.79 Å². The molecule has 0 saturated carbocycles. The molecule has 1 amide bonds. The van der Waals surface area contributed by atoms with Crippen LogP contribution in [-0.2, 0) is 4.79 Å². The molecule has 114 valence electrons. The number of unbranched alkanes of at least 4 members (excludes halogenated alkanes) is 1. The van der Waals surface area contributed by atoms with Crippen molar-refractivity contribution in [2.75, 3.05) is 30.3 Å². The van der Waals surface area contributed by atoms with Crippen LogP contribution in [0.15, 0.2) is 24.3 Å². The number of thioether (sulfide) groups is 1. The SMILES string of the molecule is CCCCN1C(=O)CSC1c1ccc(N2CCCC2)cc1. The van der Waals surface area contributed by atoms with Gasteiger partial charge in [0.05, 0.1) is 5.75 Å². The first-order chi connectivity index (χ1) is 10.3. The maximum absolute atomic E-state index is 12.0. The van der Waals surface area contributed by atoms with Crippen LogP contribution in [-0.4, -0.2) is 36.2 Å². The van der Waals surface area contributed by atoms with Gasteiger partial charge in [0, 0.05) is 25.3 Å². The summed E-state index contributed by atoms with van der Waals surface area (Å²) in [4.78, 5) is 16.5. The summed E-state index contributed by atoms with van der Waals surface area (Å²) in [5.41, 5.74) is 2.59. The van der Waals surface area contributed by atoms with Crippen LogP contribution in [0, 0.1) is 0 Å². The second-order valence-corrected chi connectivity index (χ2v) is 6.96. The number of rotatable bonds is 5. The highest BCUT2D eigenvalue weighted by Crippen LogP contribution is 2.39. The fourth-order valence-corrected chi connectivity index (χ4v) is 4.34. The highest BCUT2D eigenvalue weighted by molar-refractivity contribution is 8.00.